The molecule has 0 fully saturated rings. The van der Waals surface area contributed by atoms with Gasteiger partial charge in [0.25, 0.3) is 0 Å². The first-order valence-electron chi connectivity index (χ1n) is 5.91. The zero-order valence-corrected chi connectivity index (χ0v) is 13.9. The molecule has 0 radical (unpaired) electrons. The molecule has 1 heterocycles. The summed E-state index contributed by atoms with van der Waals surface area (Å²) in [7, 11) is 1.64. The largest absolute Gasteiger partial charge is 0.496 e. The summed E-state index contributed by atoms with van der Waals surface area (Å²) in [6.07, 6.45) is 0. The van der Waals surface area contributed by atoms with Gasteiger partial charge < -0.3 is 4.74 Å². The Bertz CT molecular complexity index is 602. The third kappa shape index (κ3) is 3.00. The Hall–Kier alpha value is -0.880. The van der Waals surface area contributed by atoms with Crippen molar-refractivity contribution in [3.63, 3.8) is 0 Å². The molecule has 0 spiro atoms. The van der Waals surface area contributed by atoms with Crippen LogP contribution in [0.3, 0.4) is 0 Å². The fourth-order valence-electron chi connectivity index (χ4n) is 1.77. The Labute approximate surface area is 131 Å². The molecular formula is C14H14ClIN2O. The monoisotopic (exact) mass is 388 g/mol. The van der Waals surface area contributed by atoms with E-state index < -0.39 is 0 Å². The van der Waals surface area contributed by atoms with Crippen molar-refractivity contribution in [2.75, 3.05) is 7.11 Å². The van der Waals surface area contributed by atoms with E-state index in [1.165, 1.54) is 0 Å². The van der Waals surface area contributed by atoms with Crippen LogP contribution in [0, 0.1) is 3.57 Å². The summed E-state index contributed by atoms with van der Waals surface area (Å²) in [5.41, 5.74) is 1.81. The maximum atomic E-state index is 6.21. The van der Waals surface area contributed by atoms with Gasteiger partial charge in [-0.05, 0) is 40.6 Å². The second-order valence-corrected chi connectivity index (χ2v) is 5.83. The lowest BCUT2D eigenvalue weighted by Crippen LogP contribution is -2.03. The number of nitrogens with zero attached hydrogens (tertiary/aromatic N) is 2. The molecule has 0 atom stereocenters. The summed E-state index contributed by atoms with van der Waals surface area (Å²) in [6, 6.07) is 7.67. The van der Waals surface area contributed by atoms with Gasteiger partial charge in [0, 0.05) is 0 Å². The molecule has 5 heteroatoms. The van der Waals surface area contributed by atoms with Crippen molar-refractivity contribution >= 4 is 34.2 Å². The number of hydrogen-bond donors (Lipinski definition) is 0. The second kappa shape index (κ2) is 6.05. The SMILES string of the molecule is COc1ccccc1-c1nc(Cl)c(I)c(C(C)C)n1. The van der Waals surface area contributed by atoms with E-state index >= 15 is 0 Å². The molecular weight excluding hydrogens is 375 g/mol. The minimum atomic E-state index is 0.292. The van der Waals surface area contributed by atoms with E-state index in [4.69, 9.17) is 16.3 Å². The van der Waals surface area contributed by atoms with E-state index in [-0.39, 0.29) is 0 Å². The van der Waals surface area contributed by atoms with E-state index in [1.54, 1.807) is 7.11 Å². The fourth-order valence-corrected chi connectivity index (χ4v) is 2.81. The molecule has 19 heavy (non-hydrogen) atoms. The Kier molecular flexibility index (Phi) is 4.62. The first-order valence-corrected chi connectivity index (χ1v) is 7.36. The predicted molar refractivity (Wildman–Crippen MR) is 85.8 cm³/mol. The number of methoxy groups -OCH3 is 1. The molecule has 0 aliphatic heterocycles. The van der Waals surface area contributed by atoms with Gasteiger partial charge in [-0.2, -0.15) is 0 Å². The van der Waals surface area contributed by atoms with Crippen LogP contribution in [0.1, 0.15) is 25.5 Å². The zero-order chi connectivity index (χ0) is 14.0. The topological polar surface area (TPSA) is 35.0 Å². The molecule has 0 saturated carbocycles. The minimum Gasteiger partial charge on any atom is -0.496 e. The maximum Gasteiger partial charge on any atom is 0.164 e. The Morgan fingerprint density at radius 1 is 1.21 bits per heavy atom. The molecule has 2 aromatic rings. The molecule has 0 saturated heterocycles. The standard InChI is InChI=1S/C14H14ClIN2O/c1-8(2)12-11(16)13(15)18-14(17-12)9-6-4-5-7-10(9)19-3/h4-8H,1-3H3. The lowest BCUT2D eigenvalue weighted by Gasteiger charge is -2.12. The minimum absolute atomic E-state index is 0.292. The van der Waals surface area contributed by atoms with Gasteiger partial charge in [-0.15, -0.1) is 0 Å². The quantitative estimate of drug-likeness (QED) is 0.572. The van der Waals surface area contributed by atoms with Crippen LogP contribution < -0.4 is 4.74 Å². The Balaban J connectivity index is 2.63. The zero-order valence-electron chi connectivity index (χ0n) is 10.9. The number of aromatic nitrogens is 2. The van der Waals surface area contributed by atoms with E-state index in [1.807, 2.05) is 24.3 Å². The second-order valence-electron chi connectivity index (χ2n) is 4.39. The van der Waals surface area contributed by atoms with Crippen molar-refractivity contribution < 1.29 is 4.74 Å². The van der Waals surface area contributed by atoms with Crippen molar-refractivity contribution in [3.8, 4) is 17.1 Å². The highest BCUT2D eigenvalue weighted by atomic mass is 127. The average molecular weight is 389 g/mol. The normalized spacial score (nSPS) is 10.8. The number of hydrogen-bond acceptors (Lipinski definition) is 3. The van der Waals surface area contributed by atoms with Crippen LogP contribution in [0.5, 0.6) is 5.75 Å². The molecule has 1 aromatic carbocycles. The number of benzene rings is 1. The summed E-state index contributed by atoms with van der Waals surface area (Å²) in [5, 5.41) is 0.486. The molecule has 3 nitrogen and oxygen atoms in total. The average Bonchev–Trinajstić information content (AvgIpc) is 2.41. The van der Waals surface area contributed by atoms with Gasteiger partial charge in [0.15, 0.2) is 5.82 Å². The van der Waals surface area contributed by atoms with Crippen molar-refractivity contribution in [2.24, 2.45) is 0 Å². The number of rotatable bonds is 3. The molecule has 0 N–H and O–H groups in total. The van der Waals surface area contributed by atoms with Gasteiger partial charge in [-0.3, -0.25) is 0 Å². The van der Waals surface area contributed by atoms with Gasteiger partial charge in [-0.1, -0.05) is 37.6 Å². The van der Waals surface area contributed by atoms with Crippen molar-refractivity contribution in [3.05, 3.63) is 38.7 Å². The Morgan fingerprint density at radius 3 is 2.53 bits per heavy atom. The molecule has 1 aromatic heterocycles. The molecule has 0 aliphatic carbocycles. The third-order valence-corrected chi connectivity index (χ3v) is 4.39. The smallest absolute Gasteiger partial charge is 0.164 e. The highest BCUT2D eigenvalue weighted by Crippen LogP contribution is 2.31. The lowest BCUT2D eigenvalue weighted by molar-refractivity contribution is 0.416. The van der Waals surface area contributed by atoms with Crippen molar-refractivity contribution in [1.82, 2.24) is 9.97 Å². The molecule has 0 bridgehead atoms. The Morgan fingerprint density at radius 2 is 1.89 bits per heavy atom. The number of para-hydroxylation sites is 1. The van der Waals surface area contributed by atoms with Crippen LogP contribution in [0.25, 0.3) is 11.4 Å². The first kappa shape index (κ1) is 14.5. The van der Waals surface area contributed by atoms with Gasteiger partial charge in [0.2, 0.25) is 0 Å². The highest BCUT2D eigenvalue weighted by molar-refractivity contribution is 14.1. The van der Waals surface area contributed by atoms with Gasteiger partial charge >= 0.3 is 0 Å². The molecule has 0 amide bonds. The number of halogens is 2. The van der Waals surface area contributed by atoms with Crippen LogP contribution >= 0.6 is 34.2 Å². The van der Waals surface area contributed by atoms with Gasteiger partial charge in [0.1, 0.15) is 10.9 Å². The number of ether oxygens (including phenoxy) is 1. The molecule has 0 aliphatic rings. The summed E-state index contributed by atoms with van der Waals surface area (Å²) in [4.78, 5) is 8.99. The van der Waals surface area contributed by atoms with Crippen LogP contribution in [0.4, 0.5) is 0 Å². The van der Waals surface area contributed by atoms with Crippen LogP contribution in [0.15, 0.2) is 24.3 Å². The fraction of sp³-hybridized carbons (Fsp3) is 0.286. The van der Waals surface area contributed by atoms with E-state index in [0.717, 1.165) is 20.6 Å². The first-order chi connectivity index (χ1) is 9.04. The lowest BCUT2D eigenvalue weighted by atomic mass is 10.1. The molecule has 100 valence electrons. The predicted octanol–water partition coefficient (Wildman–Crippen LogP) is 4.53. The third-order valence-electron chi connectivity index (χ3n) is 2.73. The summed E-state index contributed by atoms with van der Waals surface area (Å²) in [6.45, 7) is 4.18. The summed E-state index contributed by atoms with van der Waals surface area (Å²) >= 11 is 8.40. The van der Waals surface area contributed by atoms with Gasteiger partial charge in [-0.25, -0.2) is 9.97 Å². The maximum absolute atomic E-state index is 6.21. The van der Waals surface area contributed by atoms with Crippen molar-refractivity contribution in [1.29, 1.82) is 0 Å². The van der Waals surface area contributed by atoms with Crippen LogP contribution in [-0.2, 0) is 0 Å². The summed E-state index contributed by atoms with van der Waals surface area (Å²) in [5.74, 6) is 1.64. The van der Waals surface area contributed by atoms with Crippen molar-refractivity contribution in [2.45, 2.75) is 19.8 Å². The molecule has 2 rings (SSSR count). The van der Waals surface area contributed by atoms with E-state index in [0.29, 0.717) is 16.9 Å². The van der Waals surface area contributed by atoms with E-state index in [2.05, 4.69) is 46.4 Å². The highest BCUT2D eigenvalue weighted by Gasteiger charge is 2.16. The van der Waals surface area contributed by atoms with Crippen LogP contribution in [-0.4, -0.2) is 17.1 Å². The van der Waals surface area contributed by atoms with E-state index in [9.17, 15) is 0 Å². The molecule has 0 unspecified atom stereocenters. The summed E-state index contributed by atoms with van der Waals surface area (Å²) < 4.78 is 6.26. The van der Waals surface area contributed by atoms with Gasteiger partial charge in [0.05, 0.1) is 21.9 Å². The van der Waals surface area contributed by atoms with Crippen LogP contribution in [0.2, 0.25) is 5.15 Å².